The van der Waals surface area contributed by atoms with Gasteiger partial charge in [-0.15, -0.1) is 0 Å². The fraction of sp³-hybridized carbons (Fsp3) is 0.385. The van der Waals surface area contributed by atoms with Crippen LogP contribution in [0.1, 0.15) is 24.1 Å². The molecule has 2 aromatic heterocycles. The molecule has 0 saturated heterocycles. The van der Waals surface area contributed by atoms with Gasteiger partial charge < -0.3 is 10.6 Å². The van der Waals surface area contributed by atoms with Gasteiger partial charge in [0, 0.05) is 44.6 Å². The highest BCUT2D eigenvalue weighted by atomic mass is 15.2. The van der Waals surface area contributed by atoms with E-state index in [1.807, 2.05) is 51.7 Å². The van der Waals surface area contributed by atoms with Gasteiger partial charge in [0.1, 0.15) is 5.82 Å². The summed E-state index contributed by atoms with van der Waals surface area (Å²) in [5.74, 6) is 0.934. The fourth-order valence-electron chi connectivity index (χ4n) is 1.80. The number of hydrogen-bond acceptors (Lipinski definition) is 4. The van der Waals surface area contributed by atoms with Crippen molar-refractivity contribution in [1.29, 1.82) is 0 Å². The first-order valence-corrected chi connectivity index (χ1v) is 5.96. The molecule has 2 N–H and O–H groups in total. The van der Waals surface area contributed by atoms with Crippen molar-refractivity contribution in [3.8, 4) is 0 Å². The van der Waals surface area contributed by atoms with E-state index in [0.29, 0.717) is 0 Å². The van der Waals surface area contributed by atoms with Crippen molar-refractivity contribution in [3.05, 3.63) is 41.9 Å². The van der Waals surface area contributed by atoms with Gasteiger partial charge in [-0.3, -0.25) is 4.68 Å². The van der Waals surface area contributed by atoms with Gasteiger partial charge in [0.25, 0.3) is 0 Å². The molecule has 0 aliphatic carbocycles. The van der Waals surface area contributed by atoms with Crippen LogP contribution in [0, 0.1) is 0 Å². The van der Waals surface area contributed by atoms with Gasteiger partial charge in [0.15, 0.2) is 0 Å². The molecule has 5 nitrogen and oxygen atoms in total. The SMILES string of the molecule is CC(N)c1ccc(N(C)Cc2cnn(C)c2)nc1. The van der Waals surface area contributed by atoms with Gasteiger partial charge >= 0.3 is 0 Å². The number of aryl methyl sites for hydroxylation is 1. The lowest BCUT2D eigenvalue weighted by atomic mass is 10.1. The van der Waals surface area contributed by atoms with Gasteiger partial charge in [0.2, 0.25) is 0 Å². The lowest BCUT2D eigenvalue weighted by Crippen LogP contribution is -2.17. The highest BCUT2D eigenvalue weighted by Crippen LogP contribution is 2.15. The number of pyridine rings is 1. The van der Waals surface area contributed by atoms with Crippen molar-refractivity contribution in [2.75, 3.05) is 11.9 Å². The van der Waals surface area contributed by atoms with E-state index in [9.17, 15) is 0 Å². The van der Waals surface area contributed by atoms with E-state index in [1.165, 1.54) is 0 Å². The second-order valence-corrected chi connectivity index (χ2v) is 4.62. The van der Waals surface area contributed by atoms with Crippen molar-refractivity contribution in [3.63, 3.8) is 0 Å². The second kappa shape index (κ2) is 5.18. The van der Waals surface area contributed by atoms with Crippen LogP contribution in [0.2, 0.25) is 0 Å². The summed E-state index contributed by atoms with van der Waals surface area (Å²) in [5, 5.41) is 4.15. The zero-order valence-corrected chi connectivity index (χ0v) is 11.0. The summed E-state index contributed by atoms with van der Waals surface area (Å²) in [6, 6.07) is 4.04. The van der Waals surface area contributed by atoms with Crippen molar-refractivity contribution in [1.82, 2.24) is 14.8 Å². The Balaban J connectivity index is 2.06. The first-order valence-electron chi connectivity index (χ1n) is 5.96. The van der Waals surface area contributed by atoms with E-state index in [1.54, 1.807) is 4.68 Å². The third-order valence-corrected chi connectivity index (χ3v) is 2.87. The Labute approximate surface area is 107 Å². The number of aromatic nitrogens is 3. The Morgan fingerprint density at radius 2 is 2.17 bits per heavy atom. The topological polar surface area (TPSA) is 60.0 Å². The molecule has 0 aliphatic heterocycles. The quantitative estimate of drug-likeness (QED) is 0.886. The van der Waals surface area contributed by atoms with Crippen molar-refractivity contribution in [2.24, 2.45) is 12.8 Å². The van der Waals surface area contributed by atoms with Crippen molar-refractivity contribution >= 4 is 5.82 Å². The zero-order valence-electron chi connectivity index (χ0n) is 11.0. The number of anilines is 1. The molecule has 2 aromatic rings. The summed E-state index contributed by atoms with van der Waals surface area (Å²) in [4.78, 5) is 6.51. The minimum absolute atomic E-state index is 0.0233. The zero-order chi connectivity index (χ0) is 13.1. The van der Waals surface area contributed by atoms with Gasteiger partial charge in [-0.05, 0) is 18.6 Å². The molecular weight excluding hydrogens is 226 g/mol. The normalized spacial score (nSPS) is 12.4. The minimum Gasteiger partial charge on any atom is -0.355 e. The summed E-state index contributed by atoms with van der Waals surface area (Å²) >= 11 is 0. The van der Waals surface area contributed by atoms with Crippen molar-refractivity contribution in [2.45, 2.75) is 19.5 Å². The molecule has 0 bridgehead atoms. The average molecular weight is 245 g/mol. The summed E-state index contributed by atoms with van der Waals surface area (Å²) in [6.07, 6.45) is 5.71. The Hall–Kier alpha value is -1.88. The number of nitrogens with two attached hydrogens (primary N) is 1. The first-order chi connectivity index (χ1) is 8.56. The molecule has 1 unspecified atom stereocenters. The van der Waals surface area contributed by atoms with Gasteiger partial charge in [-0.25, -0.2) is 4.98 Å². The van der Waals surface area contributed by atoms with Crippen LogP contribution in [0.4, 0.5) is 5.82 Å². The molecule has 0 spiro atoms. The lowest BCUT2D eigenvalue weighted by Gasteiger charge is -2.17. The van der Waals surface area contributed by atoms with Crippen LogP contribution >= 0.6 is 0 Å². The van der Waals surface area contributed by atoms with Gasteiger partial charge in [0.05, 0.1) is 6.20 Å². The molecule has 2 rings (SSSR count). The maximum atomic E-state index is 5.80. The third kappa shape index (κ3) is 2.87. The Morgan fingerprint density at radius 1 is 1.39 bits per heavy atom. The van der Waals surface area contributed by atoms with Crippen molar-refractivity contribution < 1.29 is 0 Å². The summed E-state index contributed by atoms with van der Waals surface area (Å²) in [6.45, 7) is 2.74. The molecule has 0 aromatic carbocycles. The molecule has 1 atom stereocenters. The molecule has 0 radical (unpaired) electrons. The maximum absolute atomic E-state index is 5.80. The summed E-state index contributed by atoms with van der Waals surface area (Å²) < 4.78 is 1.80. The van der Waals surface area contributed by atoms with Crippen LogP contribution in [0.5, 0.6) is 0 Å². The smallest absolute Gasteiger partial charge is 0.128 e. The largest absolute Gasteiger partial charge is 0.355 e. The number of hydrogen-bond donors (Lipinski definition) is 1. The molecule has 18 heavy (non-hydrogen) atoms. The summed E-state index contributed by atoms with van der Waals surface area (Å²) in [5.41, 5.74) is 8.02. The minimum atomic E-state index is 0.0233. The number of rotatable bonds is 4. The van der Waals surface area contributed by atoms with Crippen LogP contribution in [-0.4, -0.2) is 21.8 Å². The molecular formula is C13H19N5. The molecule has 0 saturated carbocycles. The van der Waals surface area contributed by atoms with Gasteiger partial charge in [-0.2, -0.15) is 5.10 Å². The lowest BCUT2D eigenvalue weighted by molar-refractivity contribution is 0.766. The third-order valence-electron chi connectivity index (χ3n) is 2.87. The van der Waals surface area contributed by atoms with E-state index in [0.717, 1.165) is 23.5 Å². The Morgan fingerprint density at radius 3 is 2.67 bits per heavy atom. The van der Waals surface area contributed by atoms with Crippen LogP contribution in [0.25, 0.3) is 0 Å². The van der Waals surface area contributed by atoms with E-state index in [-0.39, 0.29) is 6.04 Å². The van der Waals surface area contributed by atoms with E-state index in [4.69, 9.17) is 5.73 Å². The van der Waals surface area contributed by atoms with Crippen LogP contribution in [-0.2, 0) is 13.6 Å². The molecule has 0 amide bonds. The number of nitrogens with zero attached hydrogens (tertiary/aromatic N) is 4. The second-order valence-electron chi connectivity index (χ2n) is 4.62. The molecule has 2 heterocycles. The van der Waals surface area contributed by atoms with Crippen LogP contribution in [0.15, 0.2) is 30.7 Å². The molecule has 0 aliphatic rings. The predicted octanol–water partition coefficient (Wildman–Crippen LogP) is 1.47. The monoisotopic (exact) mass is 245 g/mol. The standard InChI is InChI=1S/C13H19N5/c1-10(14)12-4-5-13(15-7-12)17(2)8-11-6-16-18(3)9-11/h4-7,9-10H,8,14H2,1-3H3. The molecule has 0 fully saturated rings. The predicted molar refractivity (Wildman–Crippen MR) is 72.2 cm³/mol. The summed E-state index contributed by atoms with van der Waals surface area (Å²) in [7, 11) is 3.93. The maximum Gasteiger partial charge on any atom is 0.128 e. The van der Waals surface area contributed by atoms with Gasteiger partial charge in [-0.1, -0.05) is 6.07 Å². The highest BCUT2D eigenvalue weighted by molar-refractivity contribution is 5.39. The van der Waals surface area contributed by atoms with E-state index in [2.05, 4.69) is 15.0 Å². The molecule has 5 heteroatoms. The highest BCUT2D eigenvalue weighted by Gasteiger charge is 2.06. The van der Waals surface area contributed by atoms with E-state index >= 15 is 0 Å². The Kier molecular flexibility index (Phi) is 3.62. The fourth-order valence-corrected chi connectivity index (χ4v) is 1.80. The van der Waals surface area contributed by atoms with E-state index < -0.39 is 0 Å². The first kappa shape index (κ1) is 12.6. The molecule has 96 valence electrons. The average Bonchev–Trinajstić information content (AvgIpc) is 2.75. The van der Waals surface area contributed by atoms with Crippen LogP contribution in [0.3, 0.4) is 0 Å². The van der Waals surface area contributed by atoms with Crippen LogP contribution < -0.4 is 10.6 Å². The Bertz CT molecular complexity index is 500.